The van der Waals surface area contributed by atoms with Crippen LogP contribution in [-0.4, -0.2) is 13.1 Å². The van der Waals surface area contributed by atoms with Gasteiger partial charge in [0, 0.05) is 0 Å². The van der Waals surface area contributed by atoms with Gasteiger partial charge in [0.2, 0.25) is 0 Å². The lowest BCUT2D eigenvalue weighted by Crippen LogP contribution is -2.18. The third kappa shape index (κ3) is 3.61. The van der Waals surface area contributed by atoms with Gasteiger partial charge in [-0.25, -0.2) is 0 Å². The van der Waals surface area contributed by atoms with Gasteiger partial charge in [-0.1, -0.05) is 46.5 Å². The van der Waals surface area contributed by atoms with Crippen molar-refractivity contribution in [3.63, 3.8) is 0 Å². The second-order valence-corrected chi connectivity index (χ2v) is 5.17. The van der Waals surface area contributed by atoms with Crippen molar-refractivity contribution in [3.8, 4) is 0 Å². The highest BCUT2D eigenvalue weighted by atomic mass is 14.9. The molecule has 1 saturated carbocycles. The molecule has 0 aromatic heterocycles. The Morgan fingerprint density at radius 3 is 2.64 bits per heavy atom. The van der Waals surface area contributed by atoms with Gasteiger partial charge < -0.3 is 5.32 Å². The zero-order chi connectivity index (χ0) is 10.4. The molecule has 0 aliphatic heterocycles. The van der Waals surface area contributed by atoms with Crippen LogP contribution in [0.3, 0.4) is 0 Å². The van der Waals surface area contributed by atoms with Crippen LogP contribution in [0.15, 0.2) is 0 Å². The van der Waals surface area contributed by atoms with Gasteiger partial charge in [0.25, 0.3) is 0 Å². The maximum absolute atomic E-state index is 3.47. The molecule has 1 fully saturated rings. The van der Waals surface area contributed by atoms with Crippen LogP contribution in [-0.2, 0) is 0 Å². The van der Waals surface area contributed by atoms with Crippen LogP contribution in [0.2, 0.25) is 0 Å². The number of nitrogens with one attached hydrogen (secondary N) is 1. The molecule has 0 heterocycles. The van der Waals surface area contributed by atoms with Gasteiger partial charge in [0.1, 0.15) is 0 Å². The predicted molar refractivity (Wildman–Crippen MR) is 63.5 cm³/mol. The first-order valence-corrected chi connectivity index (χ1v) is 6.43. The van der Waals surface area contributed by atoms with Crippen LogP contribution in [0.4, 0.5) is 0 Å². The molecule has 0 spiro atoms. The van der Waals surface area contributed by atoms with E-state index in [0.717, 1.165) is 12.5 Å². The number of unbranched alkanes of at least 4 members (excludes halogenated alkanes) is 3. The lowest BCUT2D eigenvalue weighted by Gasteiger charge is -2.11. The lowest BCUT2D eigenvalue weighted by molar-refractivity contribution is 0.422. The molecule has 2 atom stereocenters. The maximum atomic E-state index is 3.47. The molecule has 1 rings (SSSR count). The van der Waals surface area contributed by atoms with E-state index >= 15 is 0 Å². The second kappa shape index (κ2) is 5.75. The average Bonchev–Trinajstić information content (AvgIpc) is 2.82. The summed E-state index contributed by atoms with van der Waals surface area (Å²) in [5.41, 5.74) is 0.704. The molecule has 1 aliphatic rings. The van der Waals surface area contributed by atoms with Crippen LogP contribution in [0.5, 0.6) is 0 Å². The van der Waals surface area contributed by atoms with E-state index in [2.05, 4.69) is 26.1 Å². The minimum Gasteiger partial charge on any atom is -0.317 e. The van der Waals surface area contributed by atoms with Crippen LogP contribution in [0.1, 0.15) is 59.3 Å². The number of hydrogen-bond acceptors (Lipinski definition) is 1. The summed E-state index contributed by atoms with van der Waals surface area (Å²) in [6.45, 7) is 9.33. The Hall–Kier alpha value is -0.0400. The van der Waals surface area contributed by atoms with Crippen molar-refractivity contribution in [2.75, 3.05) is 13.1 Å². The molecule has 84 valence electrons. The minimum absolute atomic E-state index is 0.704. The van der Waals surface area contributed by atoms with E-state index in [9.17, 15) is 0 Å². The van der Waals surface area contributed by atoms with Gasteiger partial charge in [-0.15, -0.1) is 0 Å². The zero-order valence-corrected chi connectivity index (χ0v) is 10.2. The molecule has 0 aromatic carbocycles. The molecule has 2 unspecified atom stereocenters. The van der Waals surface area contributed by atoms with Crippen LogP contribution in [0, 0.1) is 11.3 Å². The average molecular weight is 197 g/mol. The quantitative estimate of drug-likeness (QED) is 0.586. The first-order valence-electron chi connectivity index (χ1n) is 6.43. The summed E-state index contributed by atoms with van der Waals surface area (Å²) in [4.78, 5) is 0. The molecule has 0 saturated heterocycles. The molecule has 14 heavy (non-hydrogen) atoms. The Kier molecular flexibility index (Phi) is 4.94. The standard InChI is InChI=1S/C13H27N/c1-4-6-7-8-9-13(3)10-12(13)11-14-5-2/h12,14H,4-11H2,1-3H3. The largest absolute Gasteiger partial charge is 0.317 e. The van der Waals surface area contributed by atoms with Crippen molar-refractivity contribution in [1.82, 2.24) is 5.32 Å². The summed E-state index contributed by atoms with van der Waals surface area (Å²) in [6, 6.07) is 0. The van der Waals surface area contributed by atoms with Crippen molar-refractivity contribution in [3.05, 3.63) is 0 Å². The summed E-state index contributed by atoms with van der Waals surface area (Å²) in [5, 5.41) is 3.47. The Balaban J connectivity index is 2.02. The van der Waals surface area contributed by atoms with Crippen LogP contribution < -0.4 is 5.32 Å². The molecular formula is C13H27N. The van der Waals surface area contributed by atoms with Crippen molar-refractivity contribution in [2.24, 2.45) is 11.3 Å². The van der Waals surface area contributed by atoms with Gasteiger partial charge >= 0.3 is 0 Å². The van der Waals surface area contributed by atoms with Gasteiger partial charge in [0.05, 0.1) is 0 Å². The monoisotopic (exact) mass is 197 g/mol. The zero-order valence-electron chi connectivity index (χ0n) is 10.2. The van der Waals surface area contributed by atoms with E-state index in [4.69, 9.17) is 0 Å². The fourth-order valence-corrected chi connectivity index (χ4v) is 2.40. The highest BCUT2D eigenvalue weighted by Gasteiger charge is 2.48. The summed E-state index contributed by atoms with van der Waals surface area (Å²) >= 11 is 0. The molecule has 0 amide bonds. The molecule has 1 N–H and O–H groups in total. The molecule has 0 radical (unpaired) electrons. The van der Waals surface area contributed by atoms with Gasteiger partial charge in [-0.3, -0.25) is 0 Å². The van der Waals surface area contributed by atoms with Crippen molar-refractivity contribution < 1.29 is 0 Å². The smallest absolute Gasteiger partial charge is 0.00152 e. The highest BCUT2D eigenvalue weighted by molar-refractivity contribution is 4.99. The van der Waals surface area contributed by atoms with Gasteiger partial charge in [-0.05, 0) is 37.3 Å². The van der Waals surface area contributed by atoms with Crippen LogP contribution >= 0.6 is 0 Å². The molecule has 0 bridgehead atoms. The van der Waals surface area contributed by atoms with Crippen molar-refractivity contribution in [1.29, 1.82) is 0 Å². The van der Waals surface area contributed by atoms with Gasteiger partial charge in [-0.2, -0.15) is 0 Å². The Labute approximate surface area is 89.7 Å². The first-order chi connectivity index (χ1) is 6.73. The number of rotatable bonds is 8. The number of hydrogen-bond donors (Lipinski definition) is 1. The molecule has 1 heteroatoms. The van der Waals surface area contributed by atoms with Gasteiger partial charge in [0.15, 0.2) is 0 Å². The lowest BCUT2D eigenvalue weighted by atomic mass is 9.97. The second-order valence-electron chi connectivity index (χ2n) is 5.17. The summed E-state index contributed by atoms with van der Waals surface area (Å²) < 4.78 is 0. The van der Waals surface area contributed by atoms with E-state index in [0.29, 0.717) is 5.41 Å². The summed E-state index contributed by atoms with van der Waals surface area (Å²) in [6.07, 6.45) is 8.60. The van der Waals surface area contributed by atoms with E-state index in [-0.39, 0.29) is 0 Å². The molecule has 0 aromatic rings. The summed E-state index contributed by atoms with van der Waals surface area (Å²) in [5.74, 6) is 0.976. The van der Waals surface area contributed by atoms with E-state index in [1.807, 2.05) is 0 Å². The SMILES string of the molecule is CCCCCCC1(C)CC1CNCC. The van der Waals surface area contributed by atoms with Crippen molar-refractivity contribution in [2.45, 2.75) is 59.3 Å². The topological polar surface area (TPSA) is 12.0 Å². The van der Waals surface area contributed by atoms with E-state index in [1.54, 1.807) is 0 Å². The Bertz CT molecular complexity index is 155. The fraction of sp³-hybridized carbons (Fsp3) is 1.00. The van der Waals surface area contributed by atoms with E-state index in [1.165, 1.54) is 45.1 Å². The Morgan fingerprint density at radius 2 is 2.00 bits per heavy atom. The highest BCUT2D eigenvalue weighted by Crippen LogP contribution is 2.55. The van der Waals surface area contributed by atoms with Crippen molar-refractivity contribution >= 4 is 0 Å². The molecule has 1 nitrogen and oxygen atoms in total. The summed E-state index contributed by atoms with van der Waals surface area (Å²) in [7, 11) is 0. The minimum atomic E-state index is 0.704. The molecule has 1 aliphatic carbocycles. The Morgan fingerprint density at radius 1 is 1.21 bits per heavy atom. The normalized spacial score (nSPS) is 30.6. The first kappa shape index (κ1) is 12.0. The molecular weight excluding hydrogens is 170 g/mol. The third-order valence-electron chi connectivity index (χ3n) is 3.78. The van der Waals surface area contributed by atoms with Crippen LogP contribution in [0.25, 0.3) is 0 Å². The van der Waals surface area contributed by atoms with E-state index < -0.39 is 0 Å². The fourth-order valence-electron chi connectivity index (χ4n) is 2.40. The third-order valence-corrected chi connectivity index (χ3v) is 3.78. The maximum Gasteiger partial charge on any atom is -0.00152 e. The predicted octanol–water partition coefficient (Wildman–Crippen LogP) is 3.59.